The summed E-state index contributed by atoms with van der Waals surface area (Å²) in [5, 5.41) is 5.75. The van der Waals surface area contributed by atoms with Gasteiger partial charge in [-0.3, -0.25) is 9.59 Å². The SMILES string of the molecule is Cc1ccc(NC(=O)C[C@H]2SC(=Nc3c(C)cccc3C)NC2=O)c(C)c1. The molecule has 0 spiro atoms. The van der Waals surface area contributed by atoms with E-state index < -0.39 is 5.25 Å². The van der Waals surface area contributed by atoms with Crippen LogP contribution >= 0.6 is 11.8 Å². The molecule has 1 fully saturated rings. The number of nitrogens with one attached hydrogen (secondary N) is 2. The van der Waals surface area contributed by atoms with Crippen LogP contribution in [0.2, 0.25) is 0 Å². The molecule has 6 heteroatoms. The maximum Gasteiger partial charge on any atom is 0.240 e. The van der Waals surface area contributed by atoms with E-state index in [0.717, 1.165) is 33.6 Å². The van der Waals surface area contributed by atoms with Crippen LogP contribution in [0, 0.1) is 27.7 Å². The summed E-state index contributed by atoms with van der Waals surface area (Å²) in [5.74, 6) is -0.358. The molecule has 1 aliphatic heterocycles. The van der Waals surface area contributed by atoms with Crippen molar-refractivity contribution in [2.45, 2.75) is 39.4 Å². The number of para-hydroxylation sites is 1. The standard InChI is InChI=1S/C21H23N3O2S/c1-12-8-9-16(15(4)10-12)22-18(25)11-17-20(26)24-21(27-17)23-19-13(2)6-5-7-14(19)3/h5-10,17H,11H2,1-4H3,(H,22,25)(H,23,24,26)/t17-/m1/s1. The third-order valence-corrected chi connectivity index (χ3v) is 5.54. The van der Waals surface area contributed by atoms with Gasteiger partial charge in [-0.15, -0.1) is 0 Å². The first kappa shape index (κ1) is 19.2. The molecule has 2 aromatic carbocycles. The number of hydrogen-bond donors (Lipinski definition) is 2. The Morgan fingerprint density at radius 1 is 1.11 bits per heavy atom. The Labute approximate surface area is 163 Å². The molecule has 27 heavy (non-hydrogen) atoms. The number of anilines is 1. The summed E-state index contributed by atoms with van der Waals surface area (Å²) in [6.07, 6.45) is 0.107. The van der Waals surface area contributed by atoms with Gasteiger partial charge in [-0.2, -0.15) is 0 Å². The van der Waals surface area contributed by atoms with Crippen molar-refractivity contribution in [2.24, 2.45) is 4.99 Å². The van der Waals surface area contributed by atoms with E-state index in [1.165, 1.54) is 11.8 Å². The number of amides is 2. The van der Waals surface area contributed by atoms with Gasteiger partial charge in [0.15, 0.2) is 5.17 Å². The molecule has 140 valence electrons. The van der Waals surface area contributed by atoms with Crippen molar-refractivity contribution in [3.05, 3.63) is 58.7 Å². The fourth-order valence-electron chi connectivity index (χ4n) is 3.00. The molecule has 0 aliphatic carbocycles. The van der Waals surface area contributed by atoms with Crippen LogP contribution in [-0.4, -0.2) is 22.2 Å². The van der Waals surface area contributed by atoms with Crippen molar-refractivity contribution >= 4 is 40.1 Å². The van der Waals surface area contributed by atoms with Gasteiger partial charge >= 0.3 is 0 Å². The average molecular weight is 382 g/mol. The Balaban J connectivity index is 1.67. The molecular formula is C21H23N3O2S. The van der Waals surface area contributed by atoms with E-state index in [4.69, 9.17) is 0 Å². The predicted molar refractivity (Wildman–Crippen MR) is 112 cm³/mol. The summed E-state index contributed by atoms with van der Waals surface area (Å²) in [4.78, 5) is 29.2. The van der Waals surface area contributed by atoms with E-state index >= 15 is 0 Å². The van der Waals surface area contributed by atoms with Crippen LogP contribution in [0.1, 0.15) is 28.7 Å². The van der Waals surface area contributed by atoms with Crippen molar-refractivity contribution in [3.8, 4) is 0 Å². The van der Waals surface area contributed by atoms with Crippen LogP contribution in [0.5, 0.6) is 0 Å². The smallest absolute Gasteiger partial charge is 0.240 e. The second-order valence-corrected chi connectivity index (χ2v) is 8.02. The average Bonchev–Trinajstić information content (AvgIpc) is 2.93. The topological polar surface area (TPSA) is 70.6 Å². The maximum absolute atomic E-state index is 12.4. The zero-order chi connectivity index (χ0) is 19.6. The maximum atomic E-state index is 12.4. The van der Waals surface area contributed by atoms with Crippen molar-refractivity contribution in [1.29, 1.82) is 0 Å². The Bertz CT molecular complexity index is 917. The van der Waals surface area contributed by atoms with E-state index in [-0.39, 0.29) is 18.2 Å². The minimum absolute atomic E-state index is 0.107. The van der Waals surface area contributed by atoms with E-state index in [1.54, 1.807) is 0 Å². The second kappa shape index (κ2) is 7.96. The highest BCUT2D eigenvalue weighted by Crippen LogP contribution is 2.29. The molecule has 1 aliphatic rings. The fraction of sp³-hybridized carbons (Fsp3) is 0.286. The van der Waals surface area contributed by atoms with Crippen LogP contribution in [0.3, 0.4) is 0 Å². The molecule has 1 saturated heterocycles. The first-order valence-corrected chi connectivity index (χ1v) is 9.71. The molecule has 0 bridgehead atoms. The quantitative estimate of drug-likeness (QED) is 0.835. The number of rotatable bonds is 4. The van der Waals surface area contributed by atoms with Gasteiger partial charge in [-0.25, -0.2) is 4.99 Å². The van der Waals surface area contributed by atoms with Gasteiger partial charge < -0.3 is 10.6 Å². The highest BCUT2D eigenvalue weighted by Gasteiger charge is 2.32. The lowest BCUT2D eigenvalue weighted by Gasteiger charge is -2.10. The molecule has 5 nitrogen and oxygen atoms in total. The first-order chi connectivity index (χ1) is 12.8. The highest BCUT2D eigenvalue weighted by molar-refractivity contribution is 8.15. The Kier molecular flexibility index (Phi) is 5.65. The number of thioether (sulfide) groups is 1. The molecule has 0 saturated carbocycles. The number of aliphatic imine (C=N–C) groups is 1. The van der Waals surface area contributed by atoms with Gasteiger partial charge in [-0.1, -0.05) is 47.7 Å². The first-order valence-electron chi connectivity index (χ1n) is 8.83. The van der Waals surface area contributed by atoms with Gasteiger partial charge in [0.05, 0.1) is 5.69 Å². The van der Waals surface area contributed by atoms with Crippen LogP contribution in [0.4, 0.5) is 11.4 Å². The molecule has 0 aromatic heterocycles. The molecule has 0 unspecified atom stereocenters. The van der Waals surface area contributed by atoms with Gasteiger partial charge in [0.2, 0.25) is 11.8 Å². The summed E-state index contributed by atoms with van der Waals surface area (Å²) in [5.41, 5.74) is 5.88. The van der Waals surface area contributed by atoms with E-state index in [0.29, 0.717) is 5.17 Å². The van der Waals surface area contributed by atoms with Gasteiger partial charge in [0.1, 0.15) is 5.25 Å². The number of nitrogens with zero attached hydrogens (tertiary/aromatic N) is 1. The van der Waals surface area contributed by atoms with Gasteiger partial charge in [-0.05, 0) is 50.5 Å². The summed E-state index contributed by atoms with van der Waals surface area (Å²) >= 11 is 1.31. The molecule has 3 rings (SSSR count). The zero-order valence-electron chi connectivity index (χ0n) is 15.9. The van der Waals surface area contributed by atoms with Crippen LogP contribution in [0.25, 0.3) is 0 Å². The largest absolute Gasteiger partial charge is 0.326 e. The highest BCUT2D eigenvalue weighted by atomic mass is 32.2. The number of hydrogen-bond acceptors (Lipinski definition) is 4. The number of aryl methyl sites for hydroxylation is 4. The minimum Gasteiger partial charge on any atom is -0.326 e. The third-order valence-electron chi connectivity index (χ3n) is 4.46. The molecule has 2 aromatic rings. The predicted octanol–water partition coefficient (Wildman–Crippen LogP) is 4.17. The molecular weight excluding hydrogens is 358 g/mol. The summed E-state index contributed by atoms with van der Waals surface area (Å²) in [6, 6.07) is 11.8. The molecule has 1 heterocycles. The number of benzene rings is 2. The summed E-state index contributed by atoms with van der Waals surface area (Å²) < 4.78 is 0. The number of carbonyl (C=O) groups is 2. The molecule has 2 amide bonds. The van der Waals surface area contributed by atoms with E-state index in [9.17, 15) is 9.59 Å². The molecule has 0 radical (unpaired) electrons. The number of carbonyl (C=O) groups excluding carboxylic acids is 2. The van der Waals surface area contributed by atoms with Crippen LogP contribution < -0.4 is 10.6 Å². The third kappa shape index (κ3) is 4.57. The van der Waals surface area contributed by atoms with Gasteiger partial charge in [0, 0.05) is 12.1 Å². The van der Waals surface area contributed by atoms with Crippen molar-refractivity contribution in [3.63, 3.8) is 0 Å². The van der Waals surface area contributed by atoms with Crippen LogP contribution in [0.15, 0.2) is 41.4 Å². The van der Waals surface area contributed by atoms with Crippen LogP contribution in [-0.2, 0) is 9.59 Å². The lowest BCUT2D eigenvalue weighted by atomic mass is 10.1. The Hall–Kier alpha value is -2.60. The molecule has 1 atom stereocenters. The lowest BCUT2D eigenvalue weighted by Crippen LogP contribution is -2.28. The minimum atomic E-state index is -0.473. The molecule has 2 N–H and O–H groups in total. The summed E-state index contributed by atoms with van der Waals surface area (Å²) in [6.45, 7) is 7.94. The lowest BCUT2D eigenvalue weighted by molar-refractivity contribution is -0.122. The normalized spacial score (nSPS) is 17.9. The Morgan fingerprint density at radius 3 is 2.48 bits per heavy atom. The number of amidine groups is 1. The summed E-state index contributed by atoms with van der Waals surface area (Å²) in [7, 11) is 0. The van der Waals surface area contributed by atoms with E-state index in [2.05, 4.69) is 15.6 Å². The van der Waals surface area contributed by atoms with Crippen molar-refractivity contribution < 1.29 is 9.59 Å². The Morgan fingerprint density at radius 2 is 1.81 bits per heavy atom. The fourth-order valence-corrected chi connectivity index (χ4v) is 3.97. The zero-order valence-corrected chi connectivity index (χ0v) is 16.7. The van der Waals surface area contributed by atoms with Gasteiger partial charge in [0.25, 0.3) is 0 Å². The van der Waals surface area contributed by atoms with Crippen molar-refractivity contribution in [2.75, 3.05) is 5.32 Å². The van der Waals surface area contributed by atoms with Crippen molar-refractivity contribution in [1.82, 2.24) is 5.32 Å². The van der Waals surface area contributed by atoms with E-state index in [1.807, 2.05) is 64.1 Å². The second-order valence-electron chi connectivity index (χ2n) is 6.82. The monoisotopic (exact) mass is 381 g/mol.